The van der Waals surface area contributed by atoms with Gasteiger partial charge in [0.1, 0.15) is 0 Å². The molecule has 2 heteroatoms. The summed E-state index contributed by atoms with van der Waals surface area (Å²) in [5, 5.41) is 0. The third-order valence-electron chi connectivity index (χ3n) is 6.55. The van der Waals surface area contributed by atoms with Crippen molar-refractivity contribution in [1.82, 2.24) is 0 Å². The molecule has 0 amide bonds. The maximum atomic E-state index is 11.9. The van der Waals surface area contributed by atoms with Crippen LogP contribution in [0.5, 0.6) is 0 Å². The number of ether oxygens (including phenoxy) is 1. The average molecular weight is 260 g/mol. The smallest absolute Gasteiger partial charge is 0.155 e. The zero-order valence-electron chi connectivity index (χ0n) is 12.1. The molecule has 1 heterocycles. The van der Waals surface area contributed by atoms with Crippen molar-refractivity contribution in [2.45, 2.75) is 58.5 Å². The van der Waals surface area contributed by atoms with Gasteiger partial charge in [0, 0.05) is 12.3 Å². The largest absolute Gasteiger partial charge is 0.377 e. The van der Waals surface area contributed by atoms with E-state index in [1.54, 1.807) is 0 Å². The first-order chi connectivity index (χ1) is 9.03. The maximum Gasteiger partial charge on any atom is 0.155 e. The van der Waals surface area contributed by atoms with Crippen LogP contribution in [0.15, 0.2) is 11.6 Å². The molecule has 2 saturated carbocycles. The molecule has 0 unspecified atom stereocenters. The first-order valence-electron chi connectivity index (χ1n) is 7.89. The fourth-order valence-corrected chi connectivity index (χ4v) is 5.87. The summed E-state index contributed by atoms with van der Waals surface area (Å²) in [6, 6.07) is 0. The van der Waals surface area contributed by atoms with Crippen LogP contribution >= 0.6 is 0 Å². The van der Waals surface area contributed by atoms with Crippen LogP contribution in [-0.2, 0) is 9.53 Å². The number of rotatable bonds is 0. The summed E-state index contributed by atoms with van der Waals surface area (Å²) in [7, 11) is 0. The van der Waals surface area contributed by atoms with Gasteiger partial charge < -0.3 is 4.74 Å². The predicted octanol–water partition coefficient (Wildman–Crippen LogP) is 3.51. The molecule has 0 spiro atoms. The van der Waals surface area contributed by atoms with E-state index in [0.717, 1.165) is 25.9 Å². The molecule has 0 bridgehead atoms. The molecular weight excluding hydrogens is 236 g/mol. The van der Waals surface area contributed by atoms with Gasteiger partial charge >= 0.3 is 0 Å². The quantitative estimate of drug-likeness (QED) is 0.666. The maximum absolute atomic E-state index is 11.9. The Morgan fingerprint density at radius 1 is 1.32 bits per heavy atom. The van der Waals surface area contributed by atoms with Crippen LogP contribution in [0.3, 0.4) is 0 Å². The van der Waals surface area contributed by atoms with Gasteiger partial charge in [0.05, 0.1) is 12.7 Å². The molecule has 4 rings (SSSR count). The number of ketones is 1. The molecule has 0 aromatic rings. The van der Waals surface area contributed by atoms with Crippen LogP contribution in [-0.4, -0.2) is 18.5 Å². The lowest BCUT2D eigenvalue weighted by molar-refractivity contribution is -0.116. The van der Waals surface area contributed by atoms with Crippen LogP contribution in [0.25, 0.3) is 0 Å². The Labute approximate surface area is 115 Å². The molecule has 3 aliphatic carbocycles. The molecule has 2 nitrogen and oxygen atoms in total. The third-order valence-corrected chi connectivity index (χ3v) is 6.55. The highest BCUT2D eigenvalue weighted by atomic mass is 16.5. The summed E-state index contributed by atoms with van der Waals surface area (Å²) < 4.78 is 6.20. The lowest BCUT2D eigenvalue weighted by atomic mass is 9.47. The Bertz CT molecular complexity index is 466. The lowest BCUT2D eigenvalue weighted by Crippen LogP contribution is -2.52. The molecule has 0 aromatic carbocycles. The van der Waals surface area contributed by atoms with Crippen molar-refractivity contribution in [2.75, 3.05) is 6.61 Å². The van der Waals surface area contributed by atoms with E-state index < -0.39 is 0 Å². The van der Waals surface area contributed by atoms with Crippen LogP contribution < -0.4 is 0 Å². The second-order valence-corrected chi connectivity index (χ2v) is 7.79. The Balaban J connectivity index is 1.83. The van der Waals surface area contributed by atoms with Crippen molar-refractivity contribution in [3.05, 3.63) is 11.6 Å². The Kier molecular flexibility index (Phi) is 2.38. The van der Waals surface area contributed by atoms with Gasteiger partial charge in [-0.05, 0) is 48.5 Å². The van der Waals surface area contributed by atoms with Gasteiger partial charge in [-0.15, -0.1) is 0 Å². The van der Waals surface area contributed by atoms with E-state index in [1.807, 2.05) is 6.08 Å². The van der Waals surface area contributed by atoms with E-state index >= 15 is 0 Å². The summed E-state index contributed by atoms with van der Waals surface area (Å²) in [6.45, 7) is 5.78. The van der Waals surface area contributed by atoms with Crippen molar-refractivity contribution in [3.63, 3.8) is 0 Å². The molecule has 3 fully saturated rings. The van der Waals surface area contributed by atoms with Gasteiger partial charge in [-0.3, -0.25) is 4.79 Å². The van der Waals surface area contributed by atoms with E-state index in [4.69, 9.17) is 4.74 Å². The van der Waals surface area contributed by atoms with E-state index in [0.29, 0.717) is 29.1 Å². The van der Waals surface area contributed by atoms with Gasteiger partial charge in [0.2, 0.25) is 0 Å². The summed E-state index contributed by atoms with van der Waals surface area (Å²) in [5.74, 6) is 1.61. The monoisotopic (exact) mass is 260 g/mol. The van der Waals surface area contributed by atoms with Crippen molar-refractivity contribution in [3.8, 4) is 0 Å². The number of carbonyl (C=O) groups is 1. The minimum atomic E-state index is 0.229. The molecule has 19 heavy (non-hydrogen) atoms. The van der Waals surface area contributed by atoms with Gasteiger partial charge in [0.15, 0.2) is 5.78 Å². The van der Waals surface area contributed by atoms with Crippen LogP contribution in [0.1, 0.15) is 52.4 Å². The minimum Gasteiger partial charge on any atom is -0.377 e. The first-order valence-corrected chi connectivity index (χ1v) is 7.89. The van der Waals surface area contributed by atoms with Gasteiger partial charge in [-0.1, -0.05) is 25.8 Å². The lowest BCUT2D eigenvalue weighted by Gasteiger charge is -2.56. The van der Waals surface area contributed by atoms with Gasteiger partial charge in [-0.25, -0.2) is 0 Å². The molecule has 5 atom stereocenters. The zero-order valence-corrected chi connectivity index (χ0v) is 12.1. The topological polar surface area (TPSA) is 26.3 Å². The van der Waals surface area contributed by atoms with Crippen molar-refractivity contribution >= 4 is 5.78 Å². The Morgan fingerprint density at radius 3 is 3.00 bits per heavy atom. The normalized spacial score (nSPS) is 52.4. The molecule has 1 saturated heterocycles. The van der Waals surface area contributed by atoms with Crippen LogP contribution in [0.4, 0.5) is 0 Å². The molecule has 0 N–H and O–H groups in total. The fraction of sp³-hybridized carbons (Fsp3) is 0.824. The van der Waals surface area contributed by atoms with E-state index in [9.17, 15) is 4.79 Å². The molecule has 0 radical (unpaired) electrons. The van der Waals surface area contributed by atoms with Crippen molar-refractivity contribution in [2.24, 2.45) is 22.7 Å². The first kappa shape index (κ1) is 12.1. The highest BCUT2D eigenvalue weighted by Crippen LogP contribution is 2.65. The second-order valence-electron chi connectivity index (χ2n) is 7.79. The van der Waals surface area contributed by atoms with E-state index in [2.05, 4.69) is 13.8 Å². The van der Waals surface area contributed by atoms with Crippen molar-refractivity contribution in [1.29, 1.82) is 0 Å². The summed E-state index contributed by atoms with van der Waals surface area (Å²) in [6.07, 6.45) is 9.29. The minimum absolute atomic E-state index is 0.229. The standard InChI is InChI=1S/C17H24O2/c1-16-6-3-7-17(2)13-9-12(18)5-4-11(13)8-14(15(16)17)19-10-16/h9,11,14-15H,3-8,10H2,1-2H3/t11-,14+,15+,16+,17-/m1/s1. The SMILES string of the molecule is C[C@]12CCC[C@]3(C)C4=CC(=O)CC[C@@H]4C[C@H](OC1)[C@@H]23. The molecule has 104 valence electrons. The Morgan fingerprint density at radius 2 is 2.16 bits per heavy atom. The summed E-state index contributed by atoms with van der Waals surface area (Å²) in [5.41, 5.74) is 2.07. The van der Waals surface area contributed by atoms with E-state index in [-0.39, 0.29) is 5.41 Å². The molecular formula is C17H24O2. The fourth-order valence-electron chi connectivity index (χ4n) is 5.87. The molecule has 0 aromatic heterocycles. The third kappa shape index (κ3) is 1.50. The number of fused-ring (bicyclic) bond motifs is 2. The van der Waals surface area contributed by atoms with Crippen LogP contribution in [0, 0.1) is 22.7 Å². The number of hydrogen-bond donors (Lipinski definition) is 0. The highest BCUT2D eigenvalue weighted by molar-refractivity contribution is 5.91. The molecule has 4 aliphatic rings. The number of allylic oxidation sites excluding steroid dienone is 2. The average Bonchev–Trinajstić information content (AvgIpc) is 2.70. The van der Waals surface area contributed by atoms with Crippen molar-refractivity contribution < 1.29 is 9.53 Å². The second kappa shape index (κ2) is 3.72. The van der Waals surface area contributed by atoms with E-state index in [1.165, 1.54) is 24.8 Å². The van der Waals surface area contributed by atoms with Gasteiger partial charge in [-0.2, -0.15) is 0 Å². The zero-order chi connectivity index (χ0) is 13.3. The predicted molar refractivity (Wildman–Crippen MR) is 73.7 cm³/mol. The van der Waals surface area contributed by atoms with Crippen LogP contribution in [0.2, 0.25) is 0 Å². The number of carbonyl (C=O) groups excluding carboxylic acids is 1. The highest BCUT2D eigenvalue weighted by Gasteiger charge is 2.61. The number of hydrogen-bond acceptors (Lipinski definition) is 2. The molecule has 1 aliphatic heterocycles. The Hall–Kier alpha value is -0.630. The summed E-state index contributed by atoms with van der Waals surface area (Å²) in [4.78, 5) is 11.9. The van der Waals surface area contributed by atoms with Gasteiger partial charge in [0.25, 0.3) is 0 Å². The summed E-state index contributed by atoms with van der Waals surface area (Å²) >= 11 is 0.